The molecule has 0 bridgehead atoms. The number of amides is 1. The van der Waals surface area contributed by atoms with Crippen LogP contribution in [0.5, 0.6) is 0 Å². The van der Waals surface area contributed by atoms with Gasteiger partial charge in [-0.05, 0) is 43.7 Å². The Morgan fingerprint density at radius 1 is 0.903 bits per heavy atom. The summed E-state index contributed by atoms with van der Waals surface area (Å²) in [5.41, 5.74) is 1.89. The normalized spacial score (nSPS) is 11.5. The molecule has 3 aromatic rings. The van der Waals surface area contributed by atoms with Crippen LogP contribution in [0.3, 0.4) is 0 Å². The summed E-state index contributed by atoms with van der Waals surface area (Å²) in [4.78, 5) is 12.6. The fourth-order valence-corrected chi connectivity index (χ4v) is 4.44. The summed E-state index contributed by atoms with van der Waals surface area (Å²) in [7, 11) is -4.05. The second-order valence-corrected chi connectivity index (χ2v) is 9.16. The third kappa shape index (κ3) is 5.53. The molecule has 3 aromatic carbocycles. The van der Waals surface area contributed by atoms with E-state index in [0.29, 0.717) is 5.56 Å². The fraction of sp³-hybridized carbons (Fsp3) is 0.174. The maximum atomic E-state index is 13.9. The molecule has 0 saturated carbocycles. The number of nitrogens with one attached hydrogen (secondary N) is 1. The lowest BCUT2D eigenvalue weighted by molar-refractivity contribution is -0.116. The summed E-state index contributed by atoms with van der Waals surface area (Å²) in [6.07, 6.45) is 0. The van der Waals surface area contributed by atoms with E-state index >= 15 is 0 Å². The van der Waals surface area contributed by atoms with Crippen molar-refractivity contribution in [1.29, 1.82) is 0 Å². The molecule has 0 spiro atoms. The van der Waals surface area contributed by atoms with Crippen molar-refractivity contribution in [2.24, 2.45) is 0 Å². The van der Waals surface area contributed by atoms with Gasteiger partial charge in [-0.2, -0.15) is 4.31 Å². The van der Waals surface area contributed by atoms with Gasteiger partial charge in [-0.25, -0.2) is 17.2 Å². The summed E-state index contributed by atoms with van der Waals surface area (Å²) in [6.45, 7) is 3.01. The second-order valence-electron chi connectivity index (χ2n) is 7.22. The van der Waals surface area contributed by atoms with Crippen molar-refractivity contribution in [2.75, 3.05) is 11.9 Å². The monoisotopic (exact) mass is 444 g/mol. The van der Waals surface area contributed by atoms with Gasteiger partial charge in [0.05, 0.1) is 11.4 Å². The van der Waals surface area contributed by atoms with Crippen LogP contribution in [0.25, 0.3) is 0 Å². The van der Waals surface area contributed by atoms with Gasteiger partial charge in [-0.15, -0.1) is 0 Å². The Morgan fingerprint density at radius 2 is 1.52 bits per heavy atom. The highest BCUT2D eigenvalue weighted by Crippen LogP contribution is 2.21. The molecular weight excluding hydrogens is 422 g/mol. The lowest BCUT2D eigenvalue weighted by Crippen LogP contribution is -2.37. The zero-order valence-corrected chi connectivity index (χ0v) is 17.9. The number of carbonyl (C=O) groups excluding carboxylic acids is 1. The van der Waals surface area contributed by atoms with Crippen molar-refractivity contribution >= 4 is 21.6 Å². The van der Waals surface area contributed by atoms with Crippen LogP contribution in [0.2, 0.25) is 0 Å². The van der Waals surface area contributed by atoms with E-state index < -0.39 is 39.8 Å². The fourth-order valence-electron chi connectivity index (χ4n) is 3.06. The number of halogens is 2. The number of aryl methyl sites for hydroxylation is 2. The first-order chi connectivity index (χ1) is 14.7. The Hall–Kier alpha value is -3.10. The van der Waals surface area contributed by atoms with E-state index in [1.807, 2.05) is 26.0 Å². The van der Waals surface area contributed by atoms with Crippen molar-refractivity contribution in [1.82, 2.24) is 4.31 Å². The van der Waals surface area contributed by atoms with Gasteiger partial charge >= 0.3 is 0 Å². The van der Waals surface area contributed by atoms with Gasteiger partial charge in [0.15, 0.2) is 0 Å². The molecule has 3 rings (SSSR count). The van der Waals surface area contributed by atoms with E-state index in [4.69, 9.17) is 0 Å². The topological polar surface area (TPSA) is 66.5 Å². The number of rotatable bonds is 7. The van der Waals surface area contributed by atoms with Crippen LogP contribution < -0.4 is 5.32 Å². The van der Waals surface area contributed by atoms with Crippen molar-refractivity contribution in [2.45, 2.75) is 25.3 Å². The molecule has 0 aromatic heterocycles. The molecule has 0 atom stereocenters. The molecule has 0 aliphatic heterocycles. The molecule has 0 aliphatic carbocycles. The molecule has 31 heavy (non-hydrogen) atoms. The third-order valence-electron chi connectivity index (χ3n) is 4.65. The Kier molecular flexibility index (Phi) is 6.82. The van der Waals surface area contributed by atoms with Crippen LogP contribution in [-0.2, 0) is 21.4 Å². The first-order valence-corrected chi connectivity index (χ1v) is 11.0. The molecular formula is C23H22F2N2O3S. The number of hydrogen-bond acceptors (Lipinski definition) is 3. The van der Waals surface area contributed by atoms with Gasteiger partial charge in [0.2, 0.25) is 15.9 Å². The van der Waals surface area contributed by atoms with Crippen molar-refractivity contribution in [3.8, 4) is 0 Å². The van der Waals surface area contributed by atoms with Gasteiger partial charge in [-0.3, -0.25) is 4.79 Å². The molecule has 162 valence electrons. The molecule has 0 fully saturated rings. The van der Waals surface area contributed by atoms with E-state index in [0.717, 1.165) is 27.6 Å². The summed E-state index contributed by atoms with van der Waals surface area (Å²) in [5, 5.41) is 2.14. The van der Waals surface area contributed by atoms with E-state index in [2.05, 4.69) is 5.32 Å². The minimum Gasteiger partial charge on any atom is -0.320 e. The van der Waals surface area contributed by atoms with Crippen LogP contribution in [-0.4, -0.2) is 25.2 Å². The molecule has 0 saturated heterocycles. The summed E-state index contributed by atoms with van der Waals surface area (Å²) in [5.74, 6) is -2.74. The molecule has 0 aliphatic rings. The molecule has 1 N–H and O–H groups in total. The SMILES string of the molecule is Cc1ccc(S(=O)(=O)N(CC(=O)Nc2c(F)cccc2F)Cc2cccc(C)c2)cc1. The first-order valence-electron chi connectivity index (χ1n) is 9.53. The maximum Gasteiger partial charge on any atom is 0.243 e. The van der Waals surface area contributed by atoms with E-state index in [9.17, 15) is 22.0 Å². The van der Waals surface area contributed by atoms with Gasteiger partial charge < -0.3 is 5.32 Å². The van der Waals surface area contributed by atoms with Crippen LogP contribution in [0, 0.1) is 25.5 Å². The standard InChI is InChI=1S/C23H22F2N2O3S/c1-16-9-11-19(12-10-16)31(29,30)27(14-18-6-3-5-17(2)13-18)15-22(28)26-23-20(24)7-4-8-21(23)25/h3-13H,14-15H2,1-2H3,(H,26,28). The molecule has 0 unspecified atom stereocenters. The van der Waals surface area contributed by atoms with Crippen molar-refractivity contribution in [3.05, 3.63) is 95.1 Å². The second kappa shape index (κ2) is 9.36. The number of hydrogen-bond donors (Lipinski definition) is 1. The van der Waals surface area contributed by atoms with Crippen LogP contribution >= 0.6 is 0 Å². The number of sulfonamides is 1. The predicted molar refractivity (Wildman–Crippen MR) is 115 cm³/mol. The average molecular weight is 445 g/mol. The zero-order valence-electron chi connectivity index (χ0n) is 17.1. The lowest BCUT2D eigenvalue weighted by atomic mass is 10.1. The lowest BCUT2D eigenvalue weighted by Gasteiger charge is -2.22. The largest absolute Gasteiger partial charge is 0.320 e. The van der Waals surface area contributed by atoms with Crippen molar-refractivity contribution in [3.63, 3.8) is 0 Å². The number of anilines is 1. The highest BCUT2D eigenvalue weighted by molar-refractivity contribution is 7.89. The van der Waals surface area contributed by atoms with Crippen LogP contribution in [0.4, 0.5) is 14.5 Å². The van der Waals surface area contributed by atoms with Gasteiger partial charge in [0, 0.05) is 6.54 Å². The van der Waals surface area contributed by atoms with E-state index in [1.165, 1.54) is 18.2 Å². The average Bonchev–Trinajstić information content (AvgIpc) is 2.71. The summed E-state index contributed by atoms with van der Waals surface area (Å²) in [6, 6.07) is 16.6. The number of carbonyl (C=O) groups is 1. The predicted octanol–water partition coefficient (Wildman–Crippen LogP) is 4.41. The molecule has 5 nitrogen and oxygen atoms in total. The summed E-state index contributed by atoms with van der Waals surface area (Å²) < 4.78 is 55.3. The van der Waals surface area contributed by atoms with Gasteiger partial charge in [0.25, 0.3) is 0 Å². The quantitative estimate of drug-likeness (QED) is 0.587. The Labute approximate surface area is 180 Å². The zero-order chi connectivity index (χ0) is 22.6. The Balaban J connectivity index is 1.91. The molecule has 0 radical (unpaired) electrons. The molecule has 0 heterocycles. The molecule has 1 amide bonds. The highest BCUT2D eigenvalue weighted by Gasteiger charge is 2.27. The number of benzene rings is 3. The highest BCUT2D eigenvalue weighted by atomic mass is 32.2. The summed E-state index contributed by atoms with van der Waals surface area (Å²) >= 11 is 0. The number of para-hydroxylation sites is 1. The molecule has 8 heteroatoms. The van der Waals surface area contributed by atoms with Crippen molar-refractivity contribution < 1.29 is 22.0 Å². The van der Waals surface area contributed by atoms with E-state index in [-0.39, 0.29) is 11.4 Å². The maximum absolute atomic E-state index is 13.9. The smallest absolute Gasteiger partial charge is 0.243 e. The Morgan fingerprint density at radius 3 is 2.13 bits per heavy atom. The van der Waals surface area contributed by atoms with Crippen LogP contribution in [0.15, 0.2) is 71.6 Å². The van der Waals surface area contributed by atoms with E-state index in [1.54, 1.807) is 24.3 Å². The first kappa shape index (κ1) is 22.6. The minimum atomic E-state index is -4.05. The Bertz CT molecular complexity index is 1180. The third-order valence-corrected chi connectivity index (χ3v) is 6.45. The van der Waals surface area contributed by atoms with Crippen LogP contribution in [0.1, 0.15) is 16.7 Å². The minimum absolute atomic E-state index is 0.0237. The number of nitrogens with zero attached hydrogens (tertiary/aromatic N) is 1. The van der Waals surface area contributed by atoms with Gasteiger partial charge in [0.1, 0.15) is 17.3 Å². The van der Waals surface area contributed by atoms with Gasteiger partial charge in [-0.1, -0.05) is 53.6 Å².